The Morgan fingerprint density at radius 3 is 2.21 bits per heavy atom. The van der Waals surface area contributed by atoms with Crippen molar-refractivity contribution in [1.29, 1.82) is 0 Å². The summed E-state index contributed by atoms with van der Waals surface area (Å²) in [5.74, 6) is -0.560. The van der Waals surface area contributed by atoms with Gasteiger partial charge in [-0.05, 0) is 29.7 Å². The van der Waals surface area contributed by atoms with E-state index in [-0.39, 0.29) is 16.7 Å². The van der Waals surface area contributed by atoms with Crippen LogP contribution in [0.5, 0.6) is 11.5 Å². The van der Waals surface area contributed by atoms with Gasteiger partial charge in [-0.25, -0.2) is 4.68 Å². The SMILES string of the molecule is CC(=O)Oc1cc2cccc(OC(C)=O)c2c2[nH]n(-c3ccccc3)c(=O)c12. The van der Waals surface area contributed by atoms with E-state index in [0.29, 0.717) is 27.7 Å². The minimum Gasteiger partial charge on any atom is -0.426 e. The van der Waals surface area contributed by atoms with Crippen molar-refractivity contribution < 1.29 is 19.1 Å². The normalized spacial score (nSPS) is 10.9. The Kier molecular flexibility index (Phi) is 4.19. The van der Waals surface area contributed by atoms with Crippen LogP contribution in [-0.4, -0.2) is 21.7 Å². The van der Waals surface area contributed by atoms with E-state index in [2.05, 4.69) is 5.10 Å². The molecule has 0 spiro atoms. The number of fused-ring (bicyclic) bond motifs is 3. The monoisotopic (exact) mass is 376 g/mol. The number of benzene rings is 3. The predicted octanol–water partition coefficient (Wildman–Crippen LogP) is 3.32. The number of hydrogen-bond donors (Lipinski definition) is 1. The molecule has 1 N–H and O–H groups in total. The van der Waals surface area contributed by atoms with Gasteiger partial charge in [0.2, 0.25) is 0 Å². The van der Waals surface area contributed by atoms with Crippen molar-refractivity contribution >= 4 is 33.6 Å². The average molecular weight is 376 g/mol. The van der Waals surface area contributed by atoms with E-state index in [1.54, 1.807) is 36.4 Å². The lowest BCUT2D eigenvalue weighted by atomic mass is 10.1. The molecule has 1 heterocycles. The first-order chi connectivity index (χ1) is 13.5. The zero-order valence-electron chi connectivity index (χ0n) is 15.2. The van der Waals surface area contributed by atoms with E-state index in [1.165, 1.54) is 18.5 Å². The molecule has 0 radical (unpaired) electrons. The van der Waals surface area contributed by atoms with Gasteiger partial charge in [-0.15, -0.1) is 0 Å². The molecule has 0 bridgehead atoms. The Bertz CT molecular complexity index is 1290. The van der Waals surface area contributed by atoms with Gasteiger partial charge in [-0.3, -0.25) is 19.5 Å². The second-order valence-corrected chi connectivity index (χ2v) is 6.25. The number of nitrogens with one attached hydrogen (secondary N) is 1. The first kappa shape index (κ1) is 17.5. The quantitative estimate of drug-likeness (QED) is 0.438. The lowest BCUT2D eigenvalue weighted by Crippen LogP contribution is -2.15. The molecular weight excluding hydrogens is 360 g/mol. The summed E-state index contributed by atoms with van der Waals surface area (Å²) in [5, 5.41) is 4.48. The number of para-hydroxylation sites is 1. The van der Waals surface area contributed by atoms with Gasteiger partial charge in [-0.2, -0.15) is 0 Å². The Morgan fingerprint density at radius 1 is 0.857 bits per heavy atom. The molecule has 0 saturated heterocycles. The van der Waals surface area contributed by atoms with Crippen LogP contribution in [0.2, 0.25) is 0 Å². The highest BCUT2D eigenvalue weighted by Crippen LogP contribution is 2.36. The lowest BCUT2D eigenvalue weighted by molar-refractivity contribution is -0.132. The van der Waals surface area contributed by atoms with Crippen LogP contribution in [0, 0.1) is 0 Å². The molecule has 0 fully saturated rings. The van der Waals surface area contributed by atoms with Gasteiger partial charge in [0.1, 0.15) is 16.9 Å². The van der Waals surface area contributed by atoms with E-state index in [4.69, 9.17) is 9.47 Å². The van der Waals surface area contributed by atoms with Gasteiger partial charge in [0.05, 0.1) is 16.6 Å². The Morgan fingerprint density at radius 2 is 1.54 bits per heavy atom. The summed E-state index contributed by atoms with van der Waals surface area (Å²) in [4.78, 5) is 36.3. The number of carbonyl (C=O) groups excluding carboxylic acids is 2. The fourth-order valence-corrected chi connectivity index (χ4v) is 3.23. The minimum absolute atomic E-state index is 0.144. The first-order valence-corrected chi connectivity index (χ1v) is 8.58. The smallest absolute Gasteiger partial charge is 0.308 e. The maximum atomic E-state index is 13.1. The van der Waals surface area contributed by atoms with Crippen molar-refractivity contribution in [2.45, 2.75) is 13.8 Å². The van der Waals surface area contributed by atoms with E-state index in [9.17, 15) is 14.4 Å². The predicted molar refractivity (Wildman–Crippen MR) is 104 cm³/mol. The maximum Gasteiger partial charge on any atom is 0.308 e. The number of aromatic nitrogens is 2. The lowest BCUT2D eigenvalue weighted by Gasteiger charge is -2.09. The molecule has 140 valence electrons. The molecule has 0 aliphatic heterocycles. The molecule has 0 aliphatic rings. The van der Waals surface area contributed by atoms with Gasteiger partial charge in [0, 0.05) is 13.8 Å². The molecular formula is C21H16N2O5. The third-order valence-electron chi connectivity index (χ3n) is 4.25. The molecule has 4 aromatic rings. The summed E-state index contributed by atoms with van der Waals surface area (Å²) in [6, 6.07) is 15.8. The van der Waals surface area contributed by atoms with Crippen LogP contribution in [-0.2, 0) is 9.59 Å². The van der Waals surface area contributed by atoms with Crippen molar-refractivity contribution in [1.82, 2.24) is 9.78 Å². The molecule has 0 unspecified atom stereocenters. The molecule has 3 aromatic carbocycles. The van der Waals surface area contributed by atoms with Crippen LogP contribution in [0.15, 0.2) is 59.4 Å². The number of hydrogen-bond acceptors (Lipinski definition) is 5. The second kappa shape index (κ2) is 6.70. The summed E-state index contributed by atoms with van der Waals surface area (Å²) >= 11 is 0. The molecule has 0 amide bonds. The largest absolute Gasteiger partial charge is 0.426 e. The topological polar surface area (TPSA) is 90.4 Å². The highest BCUT2D eigenvalue weighted by molar-refractivity contribution is 6.12. The Hall–Kier alpha value is -3.87. The number of H-pyrrole nitrogens is 1. The minimum atomic E-state index is -0.538. The fourth-order valence-electron chi connectivity index (χ4n) is 3.23. The molecule has 7 nitrogen and oxygen atoms in total. The van der Waals surface area contributed by atoms with Crippen LogP contribution in [0.3, 0.4) is 0 Å². The molecule has 1 aromatic heterocycles. The van der Waals surface area contributed by atoms with Crippen molar-refractivity contribution in [2.75, 3.05) is 0 Å². The number of ether oxygens (including phenoxy) is 2. The third-order valence-corrected chi connectivity index (χ3v) is 4.25. The van der Waals surface area contributed by atoms with Gasteiger partial charge in [0.15, 0.2) is 0 Å². The molecule has 0 aliphatic carbocycles. The number of rotatable bonds is 3. The van der Waals surface area contributed by atoms with E-state index < -0.39 is 11.9 Å². The van der Waals surface area contributed by atoms with Crippen LogP contribution in [0.4, 0.5) is 0 Å². The van der Waals surface area contributed by atoms with Crippen molar-refractivity contribution in [3.8, 4) is 17.2 Å². The van der Waals surface area contributed by atoms with Crippen molar-refractivity contribution in [3.05, 3.63) is 65.0 Å². The van der Waals surface area contributed by atoms with Gasteiger partial charge >= 0.3 is 11.9 Å². The van der Waals surface area contributed by atoms with Crippen molar-refractivity contribution in [2.24, 2.45) is 0 Å². The van der Waals surface area contributed by atoms with Crippen LogP contribution < -0.4 is 15.0 Å². The molecule has 7 heteroatoms. The average Bonchev–Trinajstić information content (AvgIpc) is 2.99. The third kappa shape index (κ3) is 2.92. The standard InChI is InChI=1S/C21H16N2O5/c1-12(24)27-16-10-6-7-14-11-17(28-13(2)25)19-20(18(14)16)22-23(21(19)26)15-8-4-3-5-9-15/h3-11,22H,1-2H3. The highest BCUT2D eigenvalue weighted by Gasteiger charge is 2.20. The molecule has 0 saturated carbocycles. The zero-order valence-corrected chi connectivity index (χ0v) is 15.2. The van der Waals surface area contributed by atoms with Crippen LogP contribution >= 0.6 is 0 Å². The second-order valence-electron chi connectivity index (χ2n) is 6.25. The molecule has 4 rings (SSSR count). The van der Waals surface area contributed by atoms with Crippen LogP contribution in [0.25, 0.3) is 27.4 Å². The number of carbonyl (C=O) groups is 2. The Labute approximate surface area is 159 Å². The highest BCUT2D eigenvalue weighted by atomic mass is 16.5. The van der Waals surface area contributed by atoms with Crippen molar-refractivity contribution in [3.63, 3.8) is 0 Å². The van der Waals surface area contributed by atoms with Gasteiger partial charge < -0.3 is 9.47 Å². The van der Waals surface area contributed by atoms with E-state index in [1.807, 2.05) is 18.2 Å². The van der Waals surface area contributed by atoms with Gasteiger partial charge in [0.25, 0.3) is 5.56 Å². The summed E-state index contributed by atoms with van der Waals surface area (Å²) in [5.41, 5.74) is 0.659. The summed E-state index contributed by atoms with van der Waals surface area (Å²) < 4.78 is 12.0. The molecule has 28 heavy (non-hydrogen) atoms. The van der Waals surface area contributed by atoms with E-state index in [0.717, 1.165) is 0 Å². The van der Waals surface area contributed by atoms with E-state index >= 15 is 0 Å². The summed E-state index contributed by atoms with van der Waals surface area (Å²) in [7, 11) is 0. The molecule has 0 atom stereocenters. The maximum absolute atomic E-state index is 13.1. The number of esters is 2. The number of nitrogens with zero attached hydrogens (tertiary/aromatic N) is 1. The van der Waals surface area contributed by atoms with Gasteiger partial charge in [-0.1, -0.05) is 30.3 Å². The van der Waals surface area contributed by atoms with Crippen LogP contribution in [0.1, 0.15) is 13.8 Å². The first-order valence-electron chi connectivity index (χ1n) is 8.58. The summed E-state index contributed by atoms with van der Waals surface area (Å²) in [6.07, 6.45) is 0. The summed E-state index contributed by atoms with van der Waals surface area (Å²) in [6.45, 7) is 2.58. The fraction of sp³-hybridized carbons (Fsp3) is 0.0952. The number of aromatic amines is 1. The Balaban J connectivity index is 2.14. The zero-order chi connectivity index (χ0) is 19.8.